The van der Waals surface area contributed by atoms with E-state index in [-0.39, 0.29) is 12.1 Å². The summed E-state index contributed by atoms with van der Waals surface area (Å²) in [5.74, 6) is 0.604. The number of benzene rings is 1. The number of urea groups is 1. The summed E-state index contributed by atoms with van der Waals surface area (Å²) < 4.78 is 0. The van der Waals surface area contributed by atoms with E-state index in [0.29, 0.717) is 11.6 Å². The molecule has 0 fully saturated rings. The van der Waals surface area contributed by atoms with E-state index in [1.54, 1.807) is 17.3 Å². The summed E-state index contributed by atoms with van der Waals surface area (Å²) in [6, 6.07) is 10.1. The van der Waals surface area contributed by atoms with E-state index >= 15 is 0 Å². The summed E-state index contributed by atoms with van der Waals surface area (Å²) in [7, 11) is 3.73. The van der Waals surface area contributed by atoms with E-state index in [1.807, 2.05) is 39.2 Å². The third kappa shape index (κ3) is 5.58. The van der Waals surface area contributed by atoms with Crippen molar-refractivity contribution in [1.29, 1.82) is 0 Å². The molecule has 2 aromatic rings. The molecule has 0 radical (unpaired) electrons. The number of amides is 2. The maximum Gasteiger partial charge on any atom is 0.319 e. The Morgan fingerprint density at radius 2 is 1.83 bits per heavy atom. The van der Waals surface area contributed by atoms with Crippen molar-refractivity contribution < 1.29 is 4.79 Å². The first-order chi connectivity index (χ1) is 11.0. The molecule has 0 saturated carbocycles. The highest BCUT2D eigenvalue weighted by atomic mass is 16.2. The molecule has 0 bridgehead atoms. The third-order valence-corrected chi connectivity index (χ3v) is 3.38. The van der Waals surface area contributed by atoms with Crippen LogP contribution in [-0.4, -0.2) is 36.1 Å². The van der Waals surface area contributed by atoms with Gasteiger partial charge < -0.3 is 15.5 Å². The van der Waals surface area contributed by atoms with Gasteiger partial charge in [0.15, 0.2) is 0 Å². The largest absolute Gasteiger partial charge is 0.347 e. The van der Waals surface area contributed by atoms with Crippen molar-refractivity contribution in [2.24, 2.45) is 0 Å². The van der Waals surface area contributed by atoms with Gasteiger partial charge in [0.2, 0.25) is 5.95 Å². The molecule has 0 aliphatic rings. The summed E-state index contributed by atoms with van der Waals surface area (Å²) in [4.78, 5) is 22.1. The quantitative estimate of drug-likeness (QED) is 0.860. The van der Waals surface area contributed by atoms with Crippen LogP contribution in [0.5, 0.6) is 0 Å². The Kier molecular flexibility index (Phi) is 5.91. The molecule has 2 rings (SSSR count). The monoisotopic (exact) mass is 313 g/mol. The number of aromatic nitrogens is 2. The summed E-state index contributed by atoms with van der Waals surface area (Å²) in [6.45, 7) is 1.99. The van der Waals surface area contributed by atoms with Crippen LogP contribution in [0.2, 0.25) is 0 Å². The number of rotatable bonds is 6. The molecule has 0 aliphatic heterocycles. The van der Waals surface area contributed by atoms with Crippen molar-refractivity contribution in [3.63, 3.8) is 0 Å². The fourth-order valence-corrected chi connectivity index (χ4v) is 2.11. The molecular formula is C17H23N5O. The van der Waals surface area contributed by atoms with Gasteiger partial charge in [-0.3, -0.25) is 0 Å². The predicted molar refractivity (Wildman–Crippen MR) is 92.7 cm³/mol. The summed E-state index contributed by atoms with van der Waals surface area (Å²) in [5.41, 5.74) is 1.84. The van der Waals surface area contributed by atoms with Crippen LogP contribution < -0.4 is 15.5 Å². The first-order valence-electron chi connectivity index (χ1n) is 7.65. The highest BCUT2D eigenvalue weighted by molar-refractivity contribution is 5.89. The van der Waals surface area contributed by atoms with Crippen LogP contribution in [0.15, 0.2) is 42.7 Å². The van der Waals surface area contributed by atoms with Crippen molar-refractivity contribution in [2.75, 3.05) is 24.3 Å². The molecule has 0 aliphatic carbocycles. The molecular weight excluding hydrogens is 290 g/mol. The highest BCUT2D eigenvalue weighted by Gasteiger charge is 2.08. The number of nitrogens with zero attached hydrogens (tertiary/aromatic N) is 3. The zero-order valence-electron chi connectivity index (χ0n) is 13.8. The van der Waals surface area contributed by atoms with Gasteiger partial charge in [0, 0.05) is 20.1 Å². The van der Waals surface area contributed by atoms with Gasteiger partial charge >= 0.3 is 6.03 Å². The van der Waals surface area contributed by atoms with Crippen LogP contribution in [0, 0.1) is 0 Å². The Labute approximate surface area is 137 Å². The van der Waals surface area contributed by atoms with Crippen LogP contribution >= 0.6 is 0 Å². The smallest absolute Gasteiger partial charge is 0.319 e. The van der Waals surface area contributed by atoms with Crippen LogP contribution in [-0.2, 0) is 6.42 Å². The number of nitrogens with one attached hydrogen (secondary N) is 2. The molecule has 2 N–H and O–H groups in total. The van der Waals surface area contributed by atoms with Crippen molar-refractivity contribution in [3.05, 3.63) is 48.3 Å². The normalized spacial score (nSPS) is 11.6. The lowest BCUT2D eigenvalue weighted by Gasteiger charge is -2.15. The number of aryl methyl sites for hydroxylation is 1. The third-order valence-electron chi connectivity index (χ3n) is 3.38. The van der Waals surface area contributed by atoms with Gasteiger partial charge in [-0.1, -0.05) is 30.3 Å². The number of carbonyl (C=O) groups is 1. The van der Waals surface area contributed by atoms with Gasteiger partial charge in [0.1, 0.15) is 0 Å². The molecule has 0 saturated heterocycles. The predicted octanol–water partition coefficient (Wildman–Crippen LogP) is 2.69. The topological polar surface area (TPSA) is 70.2 Å². The van der Waals surface area contributed by atoms with Crippen LogP contribution in [0.4, 0.5) is 16.4 Å². The molecule has 1 atom stereocenters. The lowest BCUT2D eigenvalue weighted by molar-refractivity contribution is 0.248. The first-order valence-corrected chi connectivity index (χ1v) is 7.65. The Hall–Kier alpha value is -2.63. The Bertz CT molecular complexity index is 613. The zero-order valence-corrected chi connectivity index (χ0v) is 13.8. The fraction of sp³-hybridized carbons (Fsp3) is 0.353. The minimum Gasteiger partial charge on any atom is -0.347 e. The van der Waals surface area contributed by atoms with Crippen molar-refractivity contribution in [3.8, 4) is 0 Å². The molecule has 2 amide bonds. The molecule has 0 spiro atoms. The Balaban J connectivity index is 1.77. The minimum absolute atomic E-state index is 0.0807. The molecule has 6 nitrogen and oxygen atoms in total. The first kappa shape index (κ1) is 16.7. The number of hydrogen-bond acceptors (Lipinski definition) is 4. The average molecular weight is 313 g/mol. The molecule has 122 valence electrons. The van der Waals surface area contributed by atoms with E-state index < -0.39 is 0 Å². The lowest BCUT2D eigenvalue weighted by atomic mass is 10.1. The van der Waals surface area contributed by atoms with Gasteiger partial charge in [0.25, 0.3) is 0 Å². The second-order valence-electron chi connectivity index (χ2n) is 5.69. The van der Waals surface area contributed by atoms with Crippen LogP contribution in [0.3, 0.4) is 0 Å². The maximum absolute atomic E-state index is 12.0. The van der Waals surface area contributed by atoms with Gasteiger partial charge in [0.05, 0.1) is 18.1 Å². The summed E-state index contributed by atoms with van der Waals surface area (Å²) in [5, 5.41) is 5.66. The van der Waals surface area contributed by atoms with Gasteiger partial charge in [-0.05, 0) is 25.3 Å². The van der Waals surface area contributed by atoms with E-state index in [9.17, 15) is 4.79 Å². The second kappa shape index (κ2) is 8.12. The molecule has 1 heterocycles. The molecule has 23 heavy (non-hydrogen) atoms. The molecule has 1 aromatic heterocycles. The Morgan fingerprint density at radius 3 is 2.43 bits per heavy atom. The molecule has 6 heteroatoms. The van der Waals surface area contributed by atoms with E-state index in [1.165, 1.54) is 5.56 Å². The van der Waals surface area contributed by atoms with Gasteiger partial charge in [-0.25, -0.2) is 14.8 Å². The second-order valence-corrected chi connectivity index (χ2v) is 5.69. The van der Waals surface area contributed by atoms with E-state index in [2.05, 4.69) is 32.7 Å². The molecule has 1 aromatic carbocycles. The highest BCUT2D eigenvalue weighted by Crippen LogP contribution is 2.08. The number of anilines is 2. The zero-order chi connectivity index (χ0) is 16.7. The summed E-state index contributed by atoms with van der Waals surface area (Å²) in [6.07, 6.45) is 5.00. The van der Waals surface area contributed by atoms with Crippen LogP contribution in [0.1, 0.15) is 18.9 Å². The van der Waals surface area contributed by atoms with E-state index in [0.717, 1.165) is 12.8 Å². The standard InChI is InChI=1S/C17H23N5O/c1-13(9-10-14-7-5-4-6-8-14)20-17(23)21-15-11-18-16(19-12-15)22(2)3/h4-8,11-13H,9-10H2,1-3H3,(H2,20,21,23). The Morgan fingerprint density at radius 1 is 1.17 bits per heavy atom. The van der Waals surface area contributed by atoms with Gasteiger partial charge in [-0.15, -0.1) is 0 Å². The maximum atomic E-state index is 12.0. The van der Waals surface area contributed by atoms with Crippen LogP contribution in [0.25, 0.3) is 0 Å². The van der Waals surface area contributed by atoms with Crippen molar-refractivity contribution in [2.45, 2.75) is 25.8 Å². The van der Waals surface area contributed by atoms with E-state index in [4.69, 9.17) is 0 Å². The average Bonchev–Trinajstić information content (AvgIpc) is 2.54. The van der Waals surface area contributed by atoms with Crippen molar-refractivity contribution >= 4 is 17.7 Å². The van der Waals surface area contributed by atoms with Gasteiger partial charge in [-0.2, -0.15) is 0 Å². The minimum atomic E-state index is -0.244. The number of carbonyl (C=O) groups excluding carboxylic acids is 1. The van der Waals surface area contributed by atoms with Crippen molar-refractivity contribution in [1.82, 2.24) is 15.3 Å². The summed E-state index contributed by atoms with van der Waals surface area (Å²) >= 11 is 0. The number of hydrogen-bond donors (Lipinski definition) is 2. The lowest BCUT2D eigenvalue weighted by Crippen LogP contribution is -2.36. The fourth-order valence-electron chi connectivity index (χ4n) is 2.11. The molecule has 1 unspecified atom stereocenters. The SMILES string of the molecule is CC(CCc1ccccc1)NC(=O)Nc1cnc(N(C)C)nc1.